The molecule has 2 aliphatic heterocycles. The van der Waals surface area contributed by atoms with Crippen molar-refractivity contribution in [3.8, 4) is 0 Å². The number of amides is 2. The lowest BCUT2D eigenvalue weighted by Gasteiger charge is -2.34. The summed E-state index contributed by atoms with van der Waals surface area (Å²) in [6.07, 6.45) is 2.13. The van der Waals surface area contributed by atoms with Crippen molar-refractivity contribution < 1.29 is 9.59 Å². The van der Waals surface area contributed by atoms with E-state index in [9.17, 15) is 9.59 Å². The molecule has 0 unspecified atom stereocenters. The van der Waals surface area contributed by atoms with Gasteiger partial charge in [0.1, 0.15) is 0 Å². The second-order valence-corrected chi connectivity index (χ2v) is 7.63. The van der Waals surface area contributed by atoms with Gasteiger partial charge in [-0.1, -0.05) is 36.4 Å². The second kappa shape index (κ2) is 8.57. The smallest absolute Gasteiger partial charge is 0.253 e. The van der Waals surface area contributed by atoms with Crippen LogP contribution in [0.3, 0.4) is 0 Å². The quantitative estimate of drug-likeness (QED) is 0.823. The van der Waals surface area contributed by atoms with Gasteiger partial charge in [0.05, 0.1) is 0 Å². The van der Waals surface area contributed by atoms with Gasteiger partial charge in [-0.25, -0.2) is 0 Å². The fourth-order valence-corrected chi connectivity index (χ4v) is 4.02. The SMILES string of the molecule is O=C(c1cccc(C(=O)N2CCN(Cc3ccccc3)CC2)c1)N1CCCC1. The van der Waals surface area contributed by atoms with Crippen LogP contribution in [0, 0.1) is 0 Å². The molecule has 2 fully saturated rings. The molecule has 5 nitrogen and oxygen atoms in total. The summed E-state index contributed by atoms with van der Waals surface area (Å²) < 4.78 is 0. The Balaban J connectivity index is 1.36. The first kappa shape index (κ1) is 18.7. The Morgan fingerprint density at radius 1 is 0.679 bits per heavy atom. The van der Waals surface area contributed by atoms with E-state index in [0.29, 0.717) is 11.1 Å². The molecule has 0 N–H and O–H groups in total. The molecule has 2 amide bonds. The third-order valence-corrected chi connectivity index (χ3v) is 5.66. The number of piperazine rings is 1. The van der Waals surface area contributed by atoms with E-state index in [1.807, 2.05) is 34.1 Å². The summed E-state index contributed by atoms with van der Waals surface area (Å²) >= 11 is 0. The molecule has 2 aliphatic rings. The molecule has 5 heteroatoms. The third-order valence-electron chi connectivity index (χ3n) is 5.66. The summed E-state index contributed by atoms with van der Waals surface area (Å²) in [7, 11) is 0. The van der Waals surface area contributed by atoms with Crippen LogP contribution in [0.1, 0.15) is 39.1 Å². The van der Waals surface area contributed by atoms with Gasteiger partial charge in [-0.2, -0.15) is 0 Å². The van der Waals surface area contributed by atoms with E-state index in [2.05, 4.69) is 29.2 Å². The standard InChI is InChI=1S/C23H27N3O2/c27-22(25-11-4-5-12-25)20-9-6-10-21(17-20)23(28)26-15-13-24(14-16-26)18-19-7-2-1-3-8-19/h1-3,6-10,17H,4-5,11-16,18H2. The molecule has 0 saturated carbocycles. The van der Waals surface area contributed by atoms with Crippen LogP contribution < -0.4 is 0 Å². The van der Waals surface area contributed by atoms with Crippen LogP contribution in [0.4, 0.5) is 0 Å². The number of hydrogen-bond donors (Lipinski definition) is 0. The third kappa shape index (κ3) is 4.25. The van der Waals surface area contributed by atoms with E-state index in [-0.39, 0.29) is 11.8 Å². The fraction of sp³-hybridized carbons (Fsp3) is 0.391. The summed E-state index contributed by atoms with van der Waals surface area (Å²) in [5, 5.41) is 0. The monoisotopic (exact) mass is 377 g/mol. The summed E-state index contributed by atoms with van der Waals surface area (Å²) in [5.74, 6) is 0.0651. The molecular weight excluding hydrogens is 350 g/mol. The molecule has 2 heterocycles. The first-order valence-electron chi connectivity index (χ1n) is 10.2. The number of hydrogen-bond acceptors (Lipinski definition) is 3. The predicted molar refractivity (Wildman–Crippen MR) is 109 cm³/mol. The molecule has 2 aromatic carbocycles. The Labute approximate surface area is 166 Å². The molecule has 4 rings (SSSR count). The van der Waals surface area contributed by atoms with Gasteiger partial charge in [0.2, 0.25) is 0 Å². The van der Waals surface area contributed by atoms with Crippen molar-refractivity contribution in [2.45, 2.75) is 19.4 Å². The largest absolute Gasteiger partial charge is 0.339 e. The van der Waals surface area contributed by atoms with Crippen molar-refractivity contribution in [3.05, 3.63) is 71.3 Å². The van der Waals surface area contributed by atoms with Gasteiger partial charge in [-0.3, -0.25) is 14.5 Å². The summed E-state index contributed by atoms with van der Waals surface area (Å²) in [4.78, 5) is 31.7. The highest BCUT2D eigenvalue weighted by Crippen LogP contribution is 2.16. The Bertz CT molecular complexity index is 823. The number of nitrogens with zero attached hydrogens (tertiary/aromatic N) is 3. The van der Waals surface area contributed by atoms with Crippen LogP contribution in [0.2, 0.25) is 0 Å². The normalized spacial score (nSPS) is 17.7. The minimum atomic E-state index is 0.0235. The van der Waals surface area contributed by atoms with Crippen LogP contribution in [-0.4, -0.2) is 65.8 Å². The summed E-state index contributed by atoms with van der Waals surface area (Å²) in [5.41, 5.74) is 2.53. The lowest BCUT2D eigenvalue weighted by Crippen LogP contribution is -2.48. The highest BCUT2D eigenvalue weighted by atomic mass is 16.2. The Hall–Kier alpha value is -2.66. The van der Waals surface area contributed by atoms with Gasteiger partial charge in [0, 0.05) is 56.9 Å². The lowest BCUT2D eigenvalue weighted by molar-refractivity contribution is 0.0628. The number of benzene rings is 2. The molecule has 0 bridgehead atoms. The van der Waals surface area contributed by atoms with Crippen molar-refractivity contribution in [2.75, 3.05) is 39.3 Å². The minimum Gasteiger partial charge on any atom is -0.339 e. The van der Waals surface area contributed by atoms with Gasteiger partial charge < -0.3 is 9.80 Å². The number of carbonyl (C=O) groups excluding carboxylic acids is 2. The number of likely N-dealkylation sites (tertiary alicyclic amines) is 1. The number of carbonyl (C=O) groups is 2. The minimum absolute atomic E-state index is 0.0235. The topological polar surface area (TPSA) is 43.9 Å². The molecule has 2 saturated heterocycles. The van der Waals surface area contributed by atoms with E-state index in [0.717, 1.165) is 58.7 Å². The Morgan fingerprint density at radius 3 is 1.86 bits per heavy atom. The maximum atomic E-state index is 12.9. The fourth-order valence-electron chi connectivity index (χ4n) is 4.02. The zero-order valence-electron chi connectivity index (χ0n) is 16.2. The zero-order valence-corrected chi connectivity index (χ0v) is 16.2. The van der Waals surface area contributed by atoms with Crippen LogP contribution in [0.5, 0.6) is 0 Å². The second-order valence-electron chi connectivity index (χ2n) is 7.63. The van der Waals surface area contributed by atoms with Gasteiger partial charge in [-0.15, -0.1) is 0 Å². The summed E-state index contributed by atoms with van der Waals surface area (Å²) in [6.45, 7) is 5.73. The van der Waals surface area contributed by atoms with Gasteiger partial charge >= 0.3 is 0 Å². The maximum Gasteiger partial charge on any atom is 0.253 e. The van der Waals surface area contributed by atoms with Gasteiger partial charge in [-0.05, 0) is 36.6 Å². The molecular formula is C23H27N3O2. The molecule has 0 aromatic heterocycles. The van der Waals surface area contributed by atoms with Crippen molar-refractivity contribution in [2.24, 2.45) is 0 Å². The van der Waals surface area contributed by atoms with Crippen LogP contribution in [0.15, 0.2) is 54.6 Å². The average Bonchev–Trinajstić information content (AvgIpc) is 3.29. The van der Waals surface area contributed by atoms with Crippen molar-refractivity contribution >= 4 is 11.8 Å². The average molecular weight is 377 g/mol. The van der Waals surface area contributed by atoms with E-state index >= 15 is 0 Å². The molecule has 0 radical (unpaired) electrons. The van der Waals surface area contributed by atoms with Crippen molar-refractivity contribution in [1.29, 1.82) is 0 Å². The van der Waals surface area contributed by atoms with Gasteiger partial charge in [0.25, 0.3) is 11.8 Å². The van der Waals surface area contributed by atoms with Crippen molar-refractivity contribution in [3.63, 3.8) is 0 Å². The molecule has 0 atom stereocenters. The first-order chi connectivity index (χ1) is 13.7. The first-order valence-corrected chi connectivity index (χ1v) is 10.2. The van der Waals surface area contributed by atoms with E-state index in [1.165, 1.54) is 5.56 Å². The number of rotatable bonds is 4. The molecule has 0 spiro atoms. The molecule has 146 valence electrons. The predicted octanol–water partition coefficient (Wildman–Crippen LogP) is 2.88. The van der Waals surface area contributed by atoms with E-state index in [1.54, 1.807) is 6.07 Å². The van der Waals surface area contributed by atoms with Crippen LogP contribution in [-0.2, 0) is 6.54 Å². The zero-order chi connectivity index (χ0) is 19.3. The summed E-state index contributed by atoms with van der Waals surface area (Å²) in [6, 6.07) is 17.6. The Kier molecular flexibility index (Phi) is 5.72. The van der Waals surface area contributed by atoms with Crippen LogP contribution >= 0.6 is 0 Å². The molecule has 0 aliphatic carbocycles. The highest BCUT2D eigenvalue weighted by molar-refractivity contribution is 5.99. The van der Waals surface area contributed by atoms with E-state index < -0.39 is 0 Å². The van der Waals surface area contributed by atoms with Gasteiger partial charge in [0.15, 0.2) is 0 Å². The van der Waals surface area contributed by atoms with Crippen LogP contribution in [0.25, 0.3) is 0 Å². The lowest BCUT2D eigenvalue weighted by atomic mass is 10.1. The molecule has 2 aromatic rings. The Morgan fingerprint density at radius 2 is 1.25 bits per heavy atom. The maximum absolute atomic E-state index is 12.9. The molecule has 28 heavy (non-hydrogen) atoms. The highest BCUT2D eigenvalue weighted by Gasteiger charge is 2.24. The van der Waals surface area contributed by atoms with E-state index in [4.69, 9.17) is 0 Å². The van der Waals surface area contributed by atoms with Crippen molar-refractivity contribution in [1.82, 2.24) is 14.7 Å².